The molecule has 0 unspecified atom stereocenters. The molecule has 106 valence electrons. The Hall–Kier alpha value is -2.48. The van der Waals surface area contributed by atoms with Gasteiger partial charge in [0.05, 0.1) is 11.4 Å². The first-order valence-corrected chi connectivity index (χ1v) is 7.22. The van der Waals surface area contributed by atoms with Gasteiger partial charge < -0.3 is 10.2 Å². The first kappa shape index (κ1) is 13.5. The topological polar surface area (TPSA) is 15.3 Å². The van der Waals surface area contributed by atoms with E-state index >= 15 is 0 Å². The second-order valence-corrected chi connectivity index (χ2v) is 5.45. The average molecular weight is 276 g/mol. The van der Waals surface area contributed by atoms with Crippen LogP contribution in [0.5, 0.6) is 0 Å². The normalized spacial score (nSPS) is 10.6. The minimum Gasteiger partial charge on any atom is -0.379 e. The summed E-state index contributed by atoms with van der Waals surface area (Å²) in [6.07, 6.45) is 0. The van der Waals surface area contributed by atoms with E-state index in [1.807, 2.05) is 0 Å². The number of anilines is 2. The lowest BCUT2D eigenvalue weighted by atomic mass is 10.1. The van der Waals surface area contributed by atoms with Gasteiger partial charge in [-0.3, -0.25) is 0 Å². The number of rotatable bonds is 4. The van der Waals surface area contributed by atoms with Gasteiger partial charge in [-0.15, -0.1) is 0 Å². The van der Waals surface area contributed by atoms with Gasteiger partial charge in [-0.2, -0.15) is 0 Å². The third-order valence-electron chi connectivity index (χ3n) is 3.68. The van der Waals surface area contributed by atoms with Crippen molar-refractivity contribution in [3.05, 3.63) is 72.3 Å². The summed E-state index contributed by atoms with van der Waals surface area (Å²) in [5.74, 6) is 0. The Morgan fingerprint density at radius 2 is 1.52 bits per heavy atom. The standard InChI is InChI=1S/C19H20N2/c1-21(2)19-10-6-5-9-18(19)20-14-15-11-12-16-7-3-4-8-17(16)13-15/h3-13,20H,14H2,1-2H3. The van der Waals surface area contributed by atoms with Crippen LogP contribution in [0.3, 0.4) is 0 Å². The van der Waals surface area contributed by atoms with Crippen molar-refractivity contribution in [3.63, 3.8) is 0 Å². The monoisotopic (exact) mass is 276 g/mol. The van der Waals surface area contributed by atoms with Crippen LogP contribution in [0.25, 0.3) is 10.8 Å². The van der Waals surface area contributed by atoms with Crippen LogP contribution >= 0.6 is 0 Å². The van der Waals surface area contributed by atoms with Crippen LogP contribution in [0.1, 0.15) is 5.56 Å². The zero-order valence-electron chi connectivity index (χ0n) is 12.5. The number of para-hydroxylation sites is 2. The molecule has 0 aromatic heterocycles. The van der Waals surface area contributed by atoms with Gasteiger partial charge in [0, 0.05) is 20.6 Å². The molecule has 3 aromatic rings. The molecule has 0 atom stereocenters. The number of nitrogens with zero attached hydrogens (tertiary/aromatic N) is 1. The fourth-order valence-corrected chi connectivity index (χ4v) is 2.56. The van der Waals surface area contributed by atoms with Gasteiger partial charge in [0.25, 0.3) is 0 Å². The van der Waals surface area contributed by atoms with E-state index in [1.165, 1.54) is 22.0 Å². The molecule has 0 spiro atoms. The minimum atomic E-state index is 0.829. The molecule has 3 rings (SSSR count). The SMILES string of the molecule is CN(C)c1ccccc1NCc1ccc2ccccc2c1. The lowest BCUT2D eigenvalue weighted by molar-refractivity contribution is 1.10. The van der Waals surface area contributed by atoms with E-state index in [4.69, 9.17) is 0 Å². The number of hydrogen-bond acceptors (Lipinski definition) is 2. The number of nitrogens with one attached hydrogen (secondary N) is 1. The van der Waals surface area contributed by atoms with Crippen LogP contribution in [-0.4, -0.2) is 14.1 Å². The van der Waals surface area contributed by atoms with Crippen molar-refractivity contribution in [3.8, 4) is 0 Å². The maximum absolute atomic E-state index is 3.53. The second kappa shape index (κ2) is 5.88. The van der Waals surface area contributed by atoms with Crippen molar-refractivity contribution in [1.82, 2.24) is 0 Å². The summed E-state index contributed by atoms with van der Waals surface area (Å²) in [7, 11) is 4.13. The molecule has 0 aliphatic carbocycles. The smallest absolute Gasteiger partial charge is 0.0596 e. The summed E-state index contributed by atoms with van der Waals surface area (Å²) < 4.78 is 0. The van der Waals surface area contributed by atoms with E-state index in [-0.39, 0.29) is 0 Å². The summed E-state index contributed by atoms with van der Waals surface area (Å²) in [4.78, 5) is 2.13. The maximum Gasteiger partial charge on any atom is 0.0596 e. The number of hydrogen-bond donors (Lipinski definition) is 1. The van der Waals surface area contributed by atoms with Crippen molar-refractivity contribution in [1.29, 1.82) is 0 Å². The predicted molar refractivity (Wildman–Crippen MR) is 92.0 cm³/mol. The Labute approximate surface area is 126 Å². The quantitative estimate of drug-likeness (QED) is 0.753. The van der Waals surface area contributed by atoms with Crippen LogP contribution in [0.2, 0.25) is 0 Å². The molecule has 0 saturated carbocycles. The van der Waals surface area contributed by atoms with Crippen molar-refractivity contribution >= 4 is 22.1 Å². The van der Waals surface area contributed by atoms with E-state index in [1.54, 1.807) is 0 Å². The Morgan fingerprint density at radius 3 is 2.33 bits per heavy atom. The Kier molecular flexibility index (Phi) is 3.78. The highest BCUT2D eigenvalue weighted by molar-refractivity contribution is 5.83. The number of fused-ring (bicyclic) bond motifs is 1. The molecule has 0 radical (unpaired) electrons. The van der Waals surface area contributed by atoms with E-state index in [9.17, 15) is 0 Å². The highest BCUT2D eigenvalue weighted by atomic mass is 15.1. The molecule has 3 aromatic carbocycles. The fourth-order valence-electron chi connectivity index (χ4n) is 2.56. The Morgan fingerprint density at radius 1 is 0.810 bits per heavy atom. The average Bonchev–Trinajstić information content (AvgIpc) is 2.53. The van der Waals surface area contributed by atoms with Crippen LogP contribution in [-0.2, 0) is 6.54 Å². The van der Waals surface area contributed by atoms with Crippen LogP contribution in [0.4, 0.5) is 11.4 Å². The van der Waals surface area contributed by atoms with Gasteiger partial charge in [-0.05, 0) is 34.5 Å². The second-order valence-electron chi connectivity index (χ2n) is 5.45. The molecule has 21 heavy (non-hydrogen) atoms. The van der Waals surface area contributed by atoms with Gasteiger partial charge in [0.2, 0.25) is 0 Å². The molecule has 0 saturated heterocycles. The maximum atomic E-state index is 3.53. The zero-order chi connectivity index (χ0) is 14.7. The van der Waals surface area contributed by atoms with Crippen molar-refractivity contribution in [2.75, 3.05) is 24.3 Å². The predicted octanol–water partition coefficient (Wildman–Crippen LogP) is 4.52. The molecular formula is C19H20N2. The Balaban J connectivity index is 1.80. The molecule has 0 heterocycles. The van der Waals surface area contributed by atoms with E-state index in [0.717, 1.165) is 12.2 Å². The van der Waals surface area contributed by atoms with Gasteiger partial charge in [-0.1, -0.05) is 48.5 Å². The highest BCUT2D eigenvalue weighted by Crippen LogP contribution is 2.24. The summed E-state index contributed by atoms with van der Waals surface area (Å²) >= 11 is 0. The van der Waals surface area contributed by atoms with Crippen LogP contribution < -0.4 is 10.2 Å². The first-order valence-electron chi connectivity index (χ1n) is 7.22. The lowest BCUT2D eigenvalue weighted by Gasteiger charge is -2.18. The molecule has 0 fully saturated rings. The molecular weight excluding hydrogens is 256 g/mol. The number of benzene rings is 3. The molecule has 0 amide bonds. The first-order chi connectivity index (χ1) is 10.2. The molecule has 0 aliphatic heterocycles. The lowest BCUT2D eigenvalue weighted by Crippen LogP contribution is -2.12. The summed E-state index contributed by atoms with van der Waals surface area (Å²) in [6, 6.07) is 23.5. The molecule has 0 bridgehead atoms. The van der Waals surface area contributed by atoms with Gasteiger partial charge in [0.1, 0.15) is 0 Å². The summed E-state index contributed by atoms with van der Waals surface area (Å²) in [6.45, 7) is 0.829. The van der Waals surface area contributed by atoms with E-state index < -0.39 is 0 Å². The molecule has 0 aliphatic rings. The van der Waals surface area contributed by atoms with Crippen molar-refractivity contribution < 1.29 is 0 Å². The molecule has 2 heteroatoms. The zero-order valence-corrected chi connectivity index (χ0v) is 12.5. The fraction of sp³-hybridized carbons (Fsp3) is 0.158. The third-order valence-corrected chi connectivity index (χ3v) is 3.68. The van der Waals surface area contributed by atoms with Gasteiger partial charge in [0.15, 0.2) is 0 Å². The van der Waals surface area contributed by atoms with E-state index in [2.05, 4.69) is 91.0 Å². The summed E-state index contributed by atoms with van der Waals surface area (Å²) in [5, 5.41) is 6.11. The van der Waals surface area contributed by atoms with Crippen molar-refractivity contribution in [2.45, 2.75) is 6.54 Å². The van der Waals surface area contributed by atoms with Crippen LogP contribution in [0.15, 0.2) is 66.7 Å². The van der Waals surface area contributed by atoms with E-state index in [0.29, 0.717) is 0 Å². The van der Waals surface area contributed by atoms with Gasteiger partial charge >= 0.3 is 0 Å². The van der Waals surface area contributed by atoms with Gasteiger partial charge in [-0.25, -0.2) is 0 Å². The third kappa shape index (κ3) is 3.00. The molecule has 2 nitrogen and oxygen atoms in total. The van der Waals surface area contributed by atoms with Crippen molar-refractivity contribution in [2.24, 2.45) is 0 Å². The minimum absolute atomic E-state index is 0.829. The highest BCUT2D eigenvalue weighted by Gasteiger charge is 2.03. The van der Waals surface area contributed by atoms with Crippen LogP contribution in [0, 0.1) is 0 Å². The largest absolute Gasteiger partial charge is 0.379 e. The Bertz CT molecular complexity index is 747. The molecule has 1 N–H and O–H groups in total. The summed E-state index contributed by atoms with van der Waals surface area (Å²) in [5.41, 5.74) is 3.66.